The molecule has 0 saturated carbocycles. The minimum absolute atomic E-state index is 0.230. The van der Waals surface area contributed by atoms with E-state index in [0.717, 1.165) is 29.1 Å². The zero-order valence-electron chi connectivity index (χ0n) is 20.5. The van der Waals surface area contributed by atoms with Gasteiger partial charge in [0.25, 0.3) is 0 Å². The van der Waals surface area contributed by atoms with E-state index >= 15 is 4.39 Å². The molecular formula is C29H26FN3O5. The van der Waals surface area contributed by atoms with Crippen molar-refractivity contribution in [3.63, 3.8) is 0 Å². The van der Waals surface area contributed by atoms with Crippen molar-refractivity contribution in [2.24, 2.45) is 4.99 Å². The highest BCUT2D eigenvalue weighted by Crippen LogP contribution is 2.32. The van der Waals surface area contributed by atoms with Crippen molar-refractivity contribution in [1.82, 2.24) is 9.97 Å². The molecule has 7 rings (SSSR count). The number of hydrogen-bond acceptors (Lipinski definition) is 7. The van der Waals surface area contributed by atoms with E-state index in [1.54, 1.807) is 6.07 Å². The van der Waals surface area contributed by atoms with Crippen molar-refractivity contribution in [3.8, 4) is 28.3 Å². The molecule has 0 unspecified atom stereocenters. The van der Waals surface area contributed by atoms with Gasteiger partial charge in [0, 0.05) is 24.1 Å². The Bertz CT molecular complexity index is 1500. The second kappa shape index (κ2) is 9.50. The summed E-state index contributed by atoms with van der Waals surface area (Å²) in [6.07, 6.45) is -1.02. The number of halogens is 1. The molecule has 4 aromatic rings. The molecule has 0 bridgehead atoms. The molecule has 0 amide bonds. The molecule has 2 N–H and O–H groups in total. The lowest BCUT2D eigenvalue weighted by molar-refractivity contribution is 0.00794. The SMILES string of the molecule is O[C@@H]1CO[C@H]2[C@@H]1OC[C@H]2Oc1cc2nc(-c3ccc(-c4ccc(CC5=NCCO5)cc4)cc3)c(F)cc2[nH]1. The molecule has 0 aliphatic carbocycles. The van der Waals surface area contributed by atoms with E-state index in [4.69, 9.17) is 18.9 Å². The van der Waals surface area contributed by atoms with Crippen LogP contribution in [-0.2, 0) is 20.6 Å². The van der Waals surface area contributed by atoms with E-state index in [9.17, 15) is 5.11 Å². The van der Waals surface area contributed by atoms with Gasteiger partial charge in [-0.25, -0.2) is 9.37 Å². The molecule has 2 saturated heterocycles. The Hall–Kier alpha value is -3.79. The van der Waals surface area contributed by atoms with Gasteiger partial charge in [-0.05, 0) is 16.7 Å². The molecule has 3 aliphatic heterocycles. The van der Waals surface area contributed by atoms with Crippen molar-refractivity contribution in [1.29, 1.82) is 0 Å². The van der Waals surface area contributed by atoms with Crippen LogP contribution in [0, 0.1) is 5.82 Å². The van der Waals surface area contributed by atoms with Crippen LogP contribution in [0.3, 0.4) is 0 Å². The smallest absolute Gasteiger partial charge is 0.193 e. The number of benzene rings is 2. The highest BCUT2D eigenvalue weighted by atomic mass is 19.1. The van der Waals surface area contributed by atoms with Crippen LogP contribution >= 0.6 is 0 Å². The summed E-state index contributed by atoms with van der Waals surface area (Å²) in [5, 5.41) is 9.93. The highest BCUT2D eigenvalue weighted by molar-refractivity contribution is 5.82. The fourth-order valence-corrected chi connectivity index (χ4v) is 5.28. The number of pyridine rings is 1. The lowest BCUT2D eigenvalue weighted by Gasteiger charge is -2.16. The van der Waals surface area contributed by atoms with Crippen molar-refractivity contribution in [2.75, 3.05) is 26.4 Å². The van der Waals surface area contributed by atoms with E-state index in [0.29, 0.717) is 42.1 Å². The monoisotopic (exact) mass is 515 g/mol. The minimum atomic E-state index is -0.646. The maximum Gasteiger partial charge on any atom is 0.193 e. The van der Waals surface area contributed by atoms with Crippen LogP contribution in [0.25, 0.3) is 33.4 Å². The number of rotatable bonds is 6. The number of aromatic nitrogens is 2. The van der Waals surface area contributed by atoms with Crippen LogP contribution in [0.4, 0.5) is 4.39 Å². The Morgan fingerprint density at radius 3 is 2.45 bits per heavy atom. The van der Waals surface area contributed by atoms with E-state index < -0.39 is 11.9 Å². The number of fused-ring (bicyclic) bond motifs is 2. The fraction of sp³-hybridized carbons (Fsp3) is 0.310. The van der Waals surface area contributed by atoms with Gasteiger partial charge in [0.1, 0.15) is 30.6 Å². The Morgan fingerprint density at radius 1 is 0.947 bits per heavy atom. The van der Waals surface area contributed by atoms with Gasteiger partial charge in [-0.1, -0.05) is 48.5 Å². The molecule has 4 atom stereocenters. The number of aliphatic imine (C=N–C) groups is 1. The molecule has 3 aliphatic rings. The van der Waals surface area contributed by atoms with Gasteiger partial charge >= 0.3 is 0 Å². The summed E-state index contributed by atoms with van der Waals surface area (Å²) in [4.78, 5) is 12.0. The molecule has 2 fully saturated rings. The first-order chi connectivity index (χ1) is 18.6. The number of ether oxygens (including phenoxy) is 4. The maximum absolute atomic E-state index is 15.1. The van der Waals surface area contributed by atoms with Crippen LogP contribution in [0.5, 0.6) is 5.88 Å². The lowest BCUT2D eigenvalue weighted by atomic mass is 10.0. The zero-order chi connectivity index (χ0) is 25.6. The average Bonchev–Trinajstić information content (AvgIpc) is 3.72. The van der Waals surface area contributed by atoms with Crippen LogP contribution < -0.4 is 4.74 Å². The van der Waals surface area contributed by atoms with Crippen molar-refractivity contribution in [2.45, 2.75) is 30.8 Å². The Kier molecular flexibility index (Phi) is 5.84. The topological polar surface area (TPSA) is 98.2 Å². The van der Waals surface area contributed by atoms with Crippen molar-refractivity contribution in [3.05, 3.63) is 72.0 Å². The molecule has 2 aromatic heterocycles. The number of aliphatic hydroxyl groups is 1. The largest absolute Gasteiger partial charge is 0.479 e. The fourth-order valence-electron chi connectivity index (χ4n) is 5.28. The average molecular weight is 516 g/mol. The number of aromatic amines is 1. The van der Waals surface area contributed by atoms with E-state index in [1.165, 1.54) is 6.07 Å². The highest BCUT2D eigenvalue weighted by Gasteiger charge is 2.48. The van der Waals surface area contributed by atoms with Gasteiger partial charge in [0.15, 0.2) is 23.7 Å². The first kappa shape index (κ1) is 23.3. The minimum Gasteiger partial charge on any atom is -0.479 e. The van der Waals surface area contributed by atoms with Crippen LogP contribution in [0.15, 0.2) is 65.7 Å². The molecule has 9 heteroatoms. The summed E-state index contributed by atoms with van der Waals surface area (Å²) in [7, 11) is 0. The second-order valence-corrected chi connectivity index (χ2v) is 9.78. The van der Waals surface area contributed by atoms with Crippen LogP contribution in [0.1, 0.15) is 5.56 Å². The van der Waals surface area contributed by atoms with Gasteiger partial charge < -0.3 is 29.0 Å². The predicted molar refractivity (Wildman–Crippen MR) is 139 cm³/mol. The Balaban J connectivity index is 1.08. The summed E-state index contributed by atoms with van der Waals surface area (Å²) in [6, 6.07) is 19.2. The number of hydrogen-bond donors (Lipinski definition) is 2. The summed E-state index contributed by atoms with van der Waals surface area (Å²) < 4.78 is 37.8. The first-order valence-electron chi connectivity index (χ1n) is 12.7. The molecule has 0 spiro atoms. The van der Waals surface area contributed by atoms with Gasteiger partial charge in [-0.2, -0.15) is 0 Å². The third-order valence-electron chi connectivity index (χ3n) is 7.24. The summed E-state index contributed by atoms with van der Waals surface area (Å²) in [5.41, 5.74) is 5.34. The quantitative estimate of drug-likeness (QED) is 0.404. The summed E-state index contributed by atoms with van der Waals surface area (Å²) >= 11 is 0. The molecule has 0 radical (unpaired) electrons. The van der Waals surface area contributed by atoms with Crippen molar-refractivity contribution >= 4 is 16.9 Å². The second-order valence-electron chi connectivity index (χ2n) is 9.78. The number of H-pyrrole nitrogens is 1. The lowest BCUT2D eigenvalue weighted by Crippen LogP contribution is -2.34. The van der Waals surface area contributed by atoms with Crippen molar-refractivity contribution < 1.29 is 28.4 Å². The number of nitrogens with zero attached hydrogens (tertiary/aromatic N) is 2. The first-order valence-corrected chi connectivity index (χ1v) is 12.7. The Morgan fingerprint density at radius 2 is 1.68 bits per heavy atom. The van der Waals surface area contributed by atoms with Gasteiger partial charge in [-0.3, -0.25) is 4.99 Å². The molecule has 5 heterocycles. The van der Waals surface area contributed by atoms with E-state index in [2.05, 4.69) is 39.2 Å². The molecule has 38 heavy (non-hydrogen) atoms. The van der Waals surface area contributed by atoms with Gasteiger partial charge in [0.2, 0.25) is 0 Å². The van der Waals surface area contributed by atoms with Crippen LogP contribution in [-0.4, -0.2) is 71.8 Å². The third-order valence-corrected chi connectivity index (χ3v) is 7.24. The van der Waals surface area contributed by atoms with Gasteiger partial charge in [-0.15, -0.1) is 0 Å². The molecule has 2 aromatic carbocycles. The van der Waals surface area contributed by atoms with Gasteiger partial charge in [0.05, 0.1) is 30.8 Å². The summed E-state index contributed by atoms with van der Waals surface area (Å²) in [6.45, 7) is 1.94. The maximum atomic E-state index is 15.1. The normalized spacial score (nSPS) is 24.4. The predicted octanol–water partition coefficient (Wildman–Crippen LogP) is 3.91. The molecule has 194 valence electrons. The number of nitrogens with one attached hydrogen (secondary N) is 1. The number of aliphatic hydroxyl groups excluding tert-OH is 1. The third kappa shape index (κ3) is 4.32. The Labute approximate surface area is 218 Å². The molecular weight excluding hydrogens is 489 g/mol. The van der Waals surface area contributed by atoms with E-state index in [-0.39, 0.29) is 30.6 Å². The van der Waals surface area contributed by atoms with E-state index in [1.807, 2.05) is 24.3 Å². The standard InChI is InChI=1S/C29H26FN3O5/c30-20-12-21-22(13-26(32-21)38-24-15-37-28-23(34)14-36-29(24)28)33-27(20)19-7-5-18(6-8-19)17-3-1-16(2-4-17)11-25-31-9-10-35-25/h1-8,12-13,23-24,28-29,32,34H,9-11,14-15H2/t23-,24-,28-,29-/m1/s1. The van der Waals surface area contributed by atoms with Crippen LogP contribution in [0.2, 0.25) is 0 Å². The zero-order valence-corrected chi connectivity index (χ0v) is 20.5. The molecule has 8 nitrogen and oxygen atoms in total. The summed E-state index contributed by atoms with van der Waals surface area (Å²) in [5.74, 6) is 0.818.